The third-order valence-corrected chi connectivity index (χ3v) is 3.11. The number of hydrogen-bond donors (Lipinski definition) is 2. The van der Waals surface area contributed by atoms with Gasteiger partial charge in [0.1, 0.15) is 5.56 Å². The number of esters is 1. The fraction of sp³-hybridized carbons (Fsp3) is 0.533. The molecule has 1 amide bonds. The van der Waals surface area contributed by atoms with Crippen LogP contribution in [0.4, 0.5) is 0 Å². The number of rotatable bonds is 8. The van der Waals surface area contributed by atoms with Gasteiger partial charge < -0.3 is 16.2 Å². The van der Waals surface area contributed by atoms with E-state index in [-0.39, 0.29) is 18.6 Å². The molecule has 4 N–H and O–H groups in total. The van der Waals surface area contributed by atoms with Gasteiger partial charge in [0.25, 0.3) is 12.6 Å². The monoisotopic (exact) mass is 294 g/mol. The van der Waals surface area contributed by atoms with Crippen LogP contribution in [0.5, 0.6) is 0 Å². The van der Waals surface area contributed by atoms with E-state index in [2.05, 4.69) is 13.8 Å². The van der Waals surface area contributed by atoms with Crippen LogP contribution in [0.3, 0.4) is 0 Å². The maximum Gasteiger partial charge on any atom is 0.310 e. The first kappa shape index (κ1) is 17.1. The number of pyridine rings is 1. The number of carbonyl (C=O) groups is 2. The van der Waals surface area contributed by atoms with Crippen LogP contribution >= 0.6 is 0 Å². The Balaban J connectivity index is 2.49. The van der Waals surface area contributed by atoms with Crippen molar-refractivity contribution in [1.29, 1.82) is 0 Å². The maximum absolute atomic E-state index is 11.8. The van der Waals surface area contributed by atoms with Gasteiger partial charge in [-0.3, -0.25) is 9.59 Å². The molecule has 0 saturated carbocycles. The van der Waals surface area contributed by atoms with Crippen LogP contribution in [0.2, 0.25) is 0 Å². The van der Waals surface area contributed by atoms with Crippen molar-refractivity contribution in [3.63, 3.8) is 0 Å². The molecule has 1 heterocycles. The second-order valence-corrected chi connectivity index (χ2v) is 5.55. The fourth-order valence-electron chi connectivity index (χ4n) is 2.12. The molecule has 1 aromatic rings. The van der Waals surface area contributed by atoms with Crippen LogP contribution in [0.15, 0.2) is 24.5 Å². The highest BCUT2D eigenvalue weighted by Gasteiger charge is 2.16. The minimum Gasteiger partial charge on any atom is -0.405 e. The van der Waals surface area contributed by atoms with Gasteiger partial charge in [0, 0.05) is 12.5 Å². The summed E-state index contributed by atoms with van der Waals surface area (Å²) in [5.41, 5.74) is 11.2. The lowest BCUT2D eigenvalue weighted by molar-refractivity contribution is -0.727. The minimum absolute atomic E-state index is 0.0545. The highest BCUT2D eigenvalue weighted by molar-refractivity contribution is 5.92. The first-order chi connectivity index (χ1) is 9.92. The molecule has 6 nitrogen and oxygen atoms in total. The molecule has 0 bridgehead atoms. The zero-order valence-corrected chi connectivity index (χ0v) is 12.6. The summed E-state index contributed by atoms with van der Waals surface area (Å²) in [6, 6.07) is 3.28. The van der Waals surface area contributed by atoms with Crippen molar-refractivity contribution in [2.75, 3.05) is 6.54 Å². The van der Waals surface area contributed by atoms with E-state index in [0.717, 1.165) is 6.42 Å². The highest BCUT2D eigenvalue weighted by Crippen LogP contribution is 2.14. The van der Waals surface area contributed by atoms with E-state index in [9.17, 15) is 9.59 Å². The predicted molar refractivity (Wildman–Crippen MR) is 77.9 cm³/mol. The average Bonchev–Trinajstić information content (AvgIpc) is 2.44. The number of amides is 1. The van der Waals surface area contributed by atoms with Crippen molar-refractivity contribution in [3.8, 4) is 0 Å². The van der Waals surface area contributed by atoms with Crippen molar-refractivity contribution >= 4 is 11.9 Å². The Morgan fingerprint density at radius 1 is 1.38 bits per heavy atom. The van der Waals surface area contributed by atoms with Gasteiger partial charge in [0.15, 0.2) is 12.4 Å². The highest BCUT2D eigenvalue weighted by atomic mass is 16.5. The van der Waals surface area contributed by atoms with Gasteiger partial charge in [-0.2, -0.15) is 4.57 Å². The zero-order chi connectivity index (χ0) is 15.8. The standard InChI is InChI=1S/C15H23N3O3/c1-11(2)6-12(8-16)7-14(19)21-10-18-5-3-4-13(9-18)15(17)20/h3-5,9,11-12H,6-8,10,16H2,1-2H3,(H-,17,20)/p+1/t12-/m0/s1. The Morgan fingerprint density at radius 2 is 2.10 bits per heavy atom. The van der Waals surface area contributed by atoms with Crippen LogP contribution in [0, 0.1) is 11.8 Å². The number of hydrogen-bond acceptors (Lipinski definition) is 4. The molecular weight excluding hydrogens is 270 g/mol. The van der Waals surface area contributed by atoms with Crippen LogP contribution in [-0.2, 0) is 16.3 Å². The summed E-state index contributed by atoms with van der Waals surface area (Å²) in [4.78, 5) is 22.9. The molecule has 0 aliphatic carbocycles. The van der Waals surface area contributed by atoms with E-state index in [4.69, 9.17) is 16.2 Å². The number of carbonyl (C=O) groups excluding carboxylic acids is 2. The predicted octanol–water partition coefficient (Wildman–Crippen LogP) is 0.585. The Kier molecular flexibility index (Phi) is 6.81. The molecule has 21 heavy (non-hydrogen) atoms. The quantitative estimate of drug-likeness (QED) is 0.541. The molecule has 0 fully saturated rings. The first-order valence-electron chi connectivity index (χ1n) is 7.07. The third kappa shape index (κ3) is 6.35. The topological polar surface area (TPSA) is 99.3 Å². The van der Waals surface area contributed by atoms with Crippen LogP contribution < -0.4 is 16.0 Å². The summed E-state index contributed by atoms with van der Waals surface area (Å²) in [6.07, 6.45) is 4.46. The SMILES string of the molecule is CC(C)C[C@H](CN)CC(=O)OC[n+]1cccc(C(N)=O)c1. The van der Waals surface area contributed by atoms with Crippen molar-refractivity contribution < 1.29 is 18.9 Å². The molecule has 0 aliphatic rings. The summed E-state index contributed by atoms with van der Waals surface area (Å²) in [5.74, 6) is -0.175. The number of ether oxygens (including phenoxy) is 1. The molecule has 0 unspecified atom stereocenters. The molecule has 0 aromatic carbocycles. The van der Waals surface area contributed by atoms with E-state index in [1.807, 2.05) is 0 Å². The molecule has 0 aliphatic heterocycles. The second-order valence-electron chi connectivity index (χ2n) is 5.55. The summed E-state index contributed by atoms with van der Waals surface area (Å²) in [5, 5.41) is 0. The van der Waals surface area contributed by atoms with Gasteiger partial charge in [0.2, 0.25) is 0 Å². The van der Waals surface area contributed by atoms with E-state index in [1.165, 1.54) is 0 Å². The van der Waals surface area contributed by atoms with Gasteiger partial charge in [-0.25, -0.2) is 0 Å². The van der Waals surface area contributed by atoms with Crippen molar-refractivity contribution in [1.82, 2.24) is 0 Å². The summed E-state index contributed by atoms with van der Waals surface area (Å²) in [7, 11) is 0. The third-order valence-electron chi connectivity index (χ3n) is 3.11. The molecule has 1 atom stereocenters. The largest absolute Gasteiger partial charge is 0.405 e. The Labute approximate surface area is 125 Å². The first-order valence-corrected chi connectivity index (χ1v) is 7.07. The Bertz CT molecular complexity index is 489. The maximum atomic E-state index is 11.8. The van der Waals surface area contributed by atoms with Crippen LogP contribution in [0.1, 0.15) is 37.0 Å². The lowest BCUT2D eigenvalue weighted by atomic mass is 9.94. The van der Waals surface area contributed by atoms with Crippen molar-refractivity contribution in [2.24, 2.45) is 23.3 Å². The summed E-state index contributed by atoms with van der Waals surface area (Å²) >= 11 is 0. The number of nitrogens with zero attached hydrogens (tertiary/aromatic N) is 1. The summed E-state index contributed by atoms with van der Waals surface area (Å²) < 4.78 is 6.79. The fourth-order valence-corrected chi connectivity index (χ4v) is 2.12. The second kappa shape index (κ2) is 8.36. The minimum atomic E-state index is -0.518. The smallest absolute Gasteiger partial charge is 0.310 e. The van der Waals surface area contributed by atoms with E-state index >= 15 is 0 Å². The van der Waals surface area contributed by atoms with Crippen LogP contribution in [-0.4, -0.2) is 18.4 Å². The van der Waals surface area contributed by atoms with Crippen LogP contribution in [0.25, 0.3) is 0 Å². The van der Waals surface area contributed by atoms with Crippen molar-refractivity contribution in [3.05, 3.63) is 30.1 Å². The Hall–Kier alpha value is -1.95. The lowest BCUT2D eigenvalue weighted by Crippen LogP contribution is -2.37. The van der Waals surface area contributed by atoms with Gasteiger partial charge in [-0.1, -0.05) is 13.8 Å². The molecule has 116 valence electrons. The van der Waals surface area contributed by atoms with Crippen molar-refractivity contribution in [2.45, 2.75) is 33.4 Å². The van der Waals surface area contributed by atoms with E-state index in [1.54, 1.807) is 29.1 Å². The number of primary amides is 1. The Morgan fingerprint density at radius 3 is 2.67 bits per heavy atom. The number of nitrogens with two attached hydrogens (primary N) is 2. The van der Waals surface area contributed by atoms with Gasteiger partial charge in [-0.15, -0.1) is 0 Å². The zero-order valence-electron chi connectivity index (χ0n) is 12.6. The van der Waals surface area contributed by atoms with Gasteiger partial charge >= 0.3 is 5.97 Å². The molecule has 0 spiro atoms. The normalized spacial score (nSPS) is 12.2. The molecule has 1 aromatic heterocycles. The van der Waals surface area contributed by atoms with Gasteiger partial charge in [0.05, 0.1) is 0 Å². The molecule has 0 saturated heterocycles. The van der Waals surface area contributed by atoms with E-state index in [0.29, 0.717) is 24.4 Å². The molecule has 1 rings (SSSR count). The molecule has 6 heteroatoms. The lowest BCUT2D eigenvalue weighted by Gasteiger charge is -2.15. The molecule has 0 radical (unpaired) electrons. The molecular formula is C15H24N3O3+. The van der Waals surface area contributed by atoms with Gasteiger partial charge in [-0.05, 0) is 30.9 Å². The number of aromatic nitrogens is 1. The summed E-state index contributed by atoms with van der Waals surface area (Å²) in [6.45, 7) is 4.72. The van der Waals surface area contributed by atoms with E-state index < -0.39 is 5.91 Å². The average molecular weight is 294 g/mol.